The summed E-state index contributed by atoms with van der Waals surface area (Å²) in [7, 11) is -3.35. The van der Waals surface area contributed by atoms with Crippen molar-refractivity contribution in [1.82, 2.24) is 4.72 Å². The number of thiophene rings is 1. The maximum atomic E-state index is 12.0. The third-order valence-electron chi connectivity index (χ3n) is 2.96. The Hall–Kier alpha value is -0.430. The molecule has 1 saturated carbocycles. The van der Waals surface area contributed by atoms with Crippen LogP contribution in [0.25, 0.3) is 0 Å². The van der Waals surface area contributed by atoms with Gasteiger partial charge in [0.05, 0.1) is 0 Å². The lowest BCUT2D eigenvalue weighted by Crippen LogP contribution is -2.43. The van der Waals surface area contributed by atoms with Crippen molar-refractivity contribution in [2.24, 2.45) is 5.92 Å². The van der Waals surface area contributed by atoms with Crippen molar-refractivity contribution in [2.75, 3.05) is 6.61 Å². The van der Waals surface area contributed by atoms with Gasteiger partial charge in [-0.15, -0.1) is 11.3 Å². The highest BCUT2D eigenvalue weighted by molar-refractivity contribution is 7.91. The second-order valence-electron chi connectivity index (χ2n) is 4.59. The van der Waals surface area contributed by atoms with Crippen molar-refractivity contribution >= 4 is 21.4 Å². The first-order chi connectivity index (χ1) is 8.01. The first-order valence-electron chi connectivity index (χ1n) is 5.73. The maximum absolute atomic E-state index is 12.0. The number of sulfonamides is 1. The predicted molar refractivity (Wildman–Crippen MR) is 67.6 cm³/mol. The Morgan fingerprint density at radius 1 is 1.47 bits per heavy atom. The predicted octanol–water partition coefficient (Wildman–Crippen LogP) is 1.36. The van der Waals surface area contributed by atoms with Crippen molar-refractivity contribution in [3.05, 3.63) is 17.0 Å². The highest BCUT2D eigenvalue weighted by Crippen LogP contribution is 2.29. The van der Waals surface area contributed by atoms with Crippen molar-refractivity contribution in [3.8, 4) is 0 Å². The summed E-state index contributed by atoms with van der Waals surface area (Å²) in [4.78, 5) is 0.898. The van der Waals surface area contributed by atoms with Gasteiger partial charge >= 0.3 is 0 Å². The second kappa shape index (κ2) is 5.06. The summed E-state index contributed by atoms with van der Waals surface area (Å²) in [5.41, 5.74) is 0. The zero-order valence-corrected chi connectivity index (χ0v) is 11.4. The average Bonchev–Trinajstić information content (AvgIpc) is 2.65. The molecule has 1 aromatic heterocycles. The lowest BCUT2D eigenvalue weighted by molar-refractivity contribution is 0.270. The maximum Gasteiger partial charge on any atom is 0.250 e. The minimum absolute atomic E-state index is 0.0492. The highest BCUT2D eigenvalue weighted by Gasteiger charge is 2.30. The van der Waals surface area contributed by atoms with Crippen molar-refractivity contribution in [3.63, 3.8) is 0 Å². The Morgan fingerprint density at radius 3 is 2.76 bits per heavy atom. The molecule has 96 valence electrons. The molecule has 1 aliphatic rings. The van der Waals surface area contributed by atoms with Gasteiger partial charge in [-0.2, -0.15) is 0 Å². The zero-order valence-electron chi connectivity index (χ0n) is 9.72. The molecule has 0 radical (unpaired) electrons. The fourth-order valence-corrected chi connectivity index (χ4v) is 4.65. The summed E-state index contributed by atoms with van der Waals surface area (Å²) < 4.78 is 27.1. The molecule has 0 aromatic carbocycles. The van der Waals surface area contributed by atoms with Crippen LogP contribution < -0.4 is 4.72 Å². The van der Waals surface area contributed by atoms with Gasteiger partial charge in [0.1, 0.15) is 4.21 Å². The molecule has 1 fully saturated rings. The summed E-state index contributed by atoms with van der Waals surface area (Å²) in [5.74, 6) is 0.621. The molecule has 17 heavy (non-hydrogen) atoms. The number of hydrogen-bond donors (Lipinski definition) is 2. The highest BCUT2D eigenvalue weighted by atomic mass is 32.2. The summed E-state index contributed by atoms with van der Waals surface area (Å²) in [6, 6.07) is 3.47. The molecule has 2 rings (SSSR count). The number of aliphatic hydroxyl groups excluding tert-OH is 1. The molecule has 0 aliphatic heterocycles. The molecule has 0 atom stereocenters. The van der Waals surface area contributed by atoms with Crippen LogP contribution in [0.5, 0.6) is 0 Å². The first kappa shape index (κ1) is 13.0. The number of hydrogen-bond acceptors (Lipinski definition) is 4. The van der Waals surface area contributed by atoms with Crippen LogP contribution in [0.3, 0.4) is 0 Å². The summed E-state index contributed by atoms with van der Waals surface area (Å²) >= 11 is 1.23. The number of nitrogens with one attached hydrogen (secondary N) is 1. The van der Waals surface area contributed by atoms with E-state index in [4.69, 9.17) is 5.11 Å². The van der Waals surface area contributed by atoms with E-state index < -0.39 is 10.0 Å². The van der Waals surface area contributed by atoms with Crippen LogP contribution in [0, 0.1) is 5.92 Å². The molecular formula is C11H17NO3S2. The third-order valence-corrected chi connectivity index (χ3v) is 6.11. The smallest absolute Gasteiger partial charge is 0.250 e. The van der Waals surface area contributed by atoms with E-state index >= 15 is 0 Å². The summed E-state index contributed by atoms with van der Waals surface area (Å²) in [6.07, 6.45) is 2.36. The molecule has 6 heteroatoms. The lowest BCUT2D eigenvalue weighted by atomic mass is 9.83. The Balaban J connectivity index is 2.03. The van der Waals surface area contributed by atoms with Gasteiger partial charge in [0, 0.05) is 23.9 Å². The zero-order chi connectivity index (χ0) is 12.5. The lowest BCUT2D eigenvalue weighted by Gasteiger charge is -2.32. The molecule has 2 N–H and O–H groups in total. The largest absolute Gasteiger partial charge is 0.396 e. The summed E-state index contributed by atoms with van der Waals surface area (Å²) in [5, 5.41) is 8.80. The van der Waals surface area contributed by atoms with Crippen molar-refractivity contribution in [1.29, 1.82) is 0 Å². The van der Waals surface area contributed by atoms with E-state index in [9.17, 15) is 8.42 Å². The van der Waals surface area contributed by atoms with Gasteiger partial charge in [-0.25, -0.2) is 13.1 Å². The second-order valence-corrected chi connectivity index (χ2v) is 7.70. The van der Waals surface area contributed by atoms with E-state index in [1.165, 1.54) is 11.3 Å². The Bertz CT molecular complexity index is 475. The van der Waals surface area contributed by atoms with Gasteiger partial charge in [-0.1, -0.05) is 6.92 Å². The van der Waals surface area contributed by atoms with Crippen LogP contribution in [0.1, 0.15) is 24.6 Å². The molecular weight excluding hydrogens is 258 g/mol. The first-order valence-corrected chi connectivity index (χ1v) is 8.03. The van der Waals surface area contributed by atoms with E-state index in [1.807, 2.05) is 0 Å². The number of rotatable bonds is 5. The summed E-state index contributed by atoms with van der Waals surface area (Å²) in [6.45, 7) is 2.17. The minimum Gasteiger partial charge on any atom is -0.396 e. The van der Waals surface area contributed by atoms with E-state index in [0.717, 1.165) is 17.7 Å². The van der Waals surface area contributed by atoms with E-state index in [2.05, 4.69) is 11.6 Å². The van der Waals surface area contributed by atoms with Gasteiger partial charge in [0.2, 0.25) is 10.0 Å². The topological polar surface area (TPSA) is 66.4 Å². The average molecular weight is 275 g/mol. The van der Waals surface area contributed by atoms with E-state index in [0.29, 0.717) is 16.5 Å². The van der Waals surface area contributed by atoms with Crippen LogP contribution in [0.15, 0.2) is 16.3 Å². The van der Waals surface area contributed by atoms with Gasteiger partial charge in [-0.3, -0.25) is 0 Å². The van der Waals surface area contributed by atoms with Crippen LogP contribution in [0.2, 0.25) is 0 Å². The Labute approximate surface area is 106 Å². The Morgan fingerprint density at radius 2 is 2.18 bits per heavy atom. The van der Waals surface area contributed by atoms with Gasteiger partial charge in [0.15, 0.2) is 0 Å². The molecule has 1 aromatic rings. The van der Waals surface area contributed by atoms with Crippen LogP contribution >= 0.6 is 11.3 Å². The molecule has 0 amide bonds. The van der Waals surface area contributed by atoms with Gasteiger partial charge < -0.3 is 5.11 Å². The van der Waals surface area contributed by atoms with Crippen LogP contribution in [-0.2, 0) is 16.4 Å². The third kappa shape index (κ3) is 3.07. The minimum atomic E-state index is -3.35. The van der Waals surface area contributed by atoms with Crippen LogP contribution in [-0.4, -0.2) is 26.2 Å². The fraction of sp³-hybridized carbons (Fsp3) is 0.636. The molecule has 0 saturated heterocycles. The number of aliphatic hydroxyl groups is 1. The van der Waals surface area contributed by atoms with Gasteiger partial charge in [0.25, 0.3) is 0 Å². The fourth-order valence-electron chi connectivity index (χ4n) is 2.02. The van der Waals surface area contributed by atoms with Crippen LogP contribution in [0.4, 0.5) is 0 Å². The molecule has 4 nitrogen and oxygen atoms in total. The SMILES string of the molecule is CC1CC(NS(=O)(=O)c2ccc(CCO)s2)C1. The Kier molecular flexibility index (Phi) is 3.87. The van der Waals surface area contributed by atoms with E-state index in [-0.39, 0.29) is 12.6 Å². The molecule has 0 spiro atoms. The molecule has 1 heterocycles. The van der Waals surface area contributed by atoms with E-state index in [1.54, 1.807) is 12.1 Å². The quantitative estimate of drug-likeness (QED) is 0.852. The van der Waals surface area contributed by atoms with Crippen molar-refractivity contribution < 1.29 is 13.5 Å². The monoisotopic (exact) mass is 275 g/mol. The molecule has 1 aliphatic carbocycles. The normalized spacial score (nSPS) is 24.6. The van der Waals surface area contributed by atoms with Gasteiger partial charge in [-0.05, 0) is 30.9 Å². The molecule has 0 unspecified atom stereocenters. The van der Waals surface area contributed by atoms with Crippen molar-refractivity contribution in [2.45, 2.75) is 36.4 Å². The standard InChI is InChI=1S/C11H17NO3S2/c1-8-6-9(7-8)12-17(14,15)11-3-2-10(16-11)4-5-13/h2-3,8-9,12-13H,4-7H2,1H3. The molecule has 0 bridgehead atoms.